The van der Waals surface area contributed by atoms with E-state index in [1.165, 1.54) is 0 Å². The second kappa shape index (κ2) is 4.94. The Morgan fingerprint density at radius 2 is 2.14 bits per heavy atom. The minimum Gasteiger partial charge on any atom is -0.212 e. The topological polar surface area (TPSA) is 37.4 Å². The average Bonchev–Trinajstić information content (AvgIpc) is 2.09. The van der Waals surface area contributed by atoms with Crippen LogP contribution in [0.2, 0.25) is 0 Å². The van der Waals surface area contributed by atoms with E-state index in [0.29, 0.717) is 30.3 Å². The average molecular weight is 284 g/mol. The quantitative estimate of drug-likeness (QED) is 0.741. The Labute approximate surface area is 95.0 Å². The monoisotopic (exact) mass is 283 g/mol. The number of piperidine rings is 1. The molecule has 1 saturated heterocycles. The number of hydrogen-bond acceptors (Lipinski definition) is 2. The first-order chi connectivity index (χ1) is 6.47. The maximum Gasteiger partial charge on any atom is 0.214 e. The Morgan fingerprint density at radius 3 is 2.64 bits per heavy atom. The van der Waals surface area contributed by atoms with E-state index < -0.39 is 10.0 Å². The highest BCUT2D eigenvalue weighted by Crippen LogP contribution is 2.25. The Hall–Kier alpha value is 0.390. The molecule has 0 bridgehead atoms. The van der Waals surface area contributed by atoms with Crippen molar-refractivity contribution in [2.45, 2.75) is 31.5 Å². The van der Waals surface area contributed by atoms with E-state index in [4.69, 9.17) is 0 Å². The van der Waals surface area contributed by atoms with Crippen LogP contribution in [0.15, 0.2) is 0 Å². The highest BCUT2D eigenvalue weighted by molar-refractivity contribution is 9.09. The fraction of sp³-hybridized carbons (Fsp3) is 1.00. The first kappa shape index (κ1) is 12.5. The van der Waals surface area contributed by atoms with Crippen molar-refractivity contribution in [3.8, 4) is 0 Å². The molecule has 5 heteroatoms. The standard InChI is InChI=1S/C9H18BrNO2S/c1-3-6-14(12,13)11-5-4-8(2)9(10)7-11/h8-9H,3-7H2,1-2H3. The third kappa shape index (κ3) is 2.94. The molecule has 0 amide bonds. The van der Waals surface area contributed by atoms with Crippen LogP contribution in [0.25, 0.3) is 0 Å². The van der Waals surface area contributed by atoms with E-state index in [2.05, 4.69) is 22.9 Å². The van der Waals surface area contributed by atoms with Gasteiger partial charge in [-0.1, -0.05) is 29.8 Å². The SMILES string of the molecule is CCCS(=O)(=O)N1CCC(C)C(Br)C1. The van der Waals surface area contributed by atoms with Crippen molar-refractivity contribution >= 4 is 26.0 Å². The van der Waals surface area contributed by atoms with Crippen molar-refractivity contribution in [3.05, 3.63) is 0 Å². The fourth-order valence-electron chi connectivity index (χ4n) is 1.63. The molecule has 14 heavy (non-hydrogen) atoms. The summed E-state index contributed by atoms with van der Waals surface area (Å²) in [6, 6.07) is 0. The van der Waals surface area contributed by atoms with Crippen LogP contribution < -0.4 is 0 Å². The summed E-state index contributed by atoms with van der Waals surface area (Å²) in [6.45, 7) is 5.37. The van der Waals surface area contributed by atoms with Crippen LogP contribution in [-0.2, 0) is 10.0 Å². The second-order valence-corrected chi connectivity index (χ2v) is 7.22. The Kier molecular flexibility index (Phi) is 4.40. The summed E-state index contributed by atoms with van der Waals surface area (Å²) in [4.78, 5) is 0.308. The van der Waals surface area contributed by atoms with Gasteiger partial charge >= 0.3 is 0 Å². The highest BCUT2D eigenvalue weighted by atomic mass is 79.9. The van der Waals surface area contributed by atoms with Crippen molar-refractivity contribution in [3.63, 3.8) is 0 Å². The van der Waals surface area contributed by atoms with Gasteiger partial charge in [0, 0.05) is 17.9 Å². The third-order valence-electron chi connectivity index (χ3n) is 2.68. The Bertz CT molecular complexity index is 279. The van der Waals surface area contributed by atoms with Crippen molar-refractivity contribution in [2.75, 3.05) is 18.8 Å². The zero-order chi connectivity index (χ0) is 10.8. The number of nitrogens with zero attached hydrogens (tertiary/aromatic N) is 1. The summed E-state index contributed by atoms with van der Waals surface area (Å²) >= 11 is 3.53. The Balaban J connectivity index is 2.63. The summed E-state index contributed by atoms with van der Waals surface area (Å²) in [6.07, 6.45) is 1.65. The van der Waals surface area contributed by atoms with Crippen molar-refractivity contribution in [2.24, 2.45) is 5.92 Å². The van der Waals surface area contributed by atoms with Crippen LogP contribution in [0.5, 0.6) is 0 Å². The minimum absolute atomic E-state index is 0.279. The molecule has 2 atom stereocenters. The summed E-state index contributed by atoms with van der Waals surface area (Å²) in [5.41, 5.74) is 0. The lowest BCUT2D eigenvalue weighted by Crippen LogP contribution is -2.44. The van der Waals surface area contributed by atoms with Crippen molar-refractivity contribution < 1.29 is 8.42 Å². The molecule has 2 unspecified atom stereocenters. The molecule has 0 aromatic carbocycles. The largest absolute Gasteiger partial charge is 0.214 e. The minimum atomic E-state index is -2.99. The summed E-state index contributed by atoms with van der Waals surface area (Å²) in [7, 11) is -2.99. The van der Waals surface area contributed by atoms with Crippen LogP contribution in [-0.4, -0.2) is 36.4 Å². The normalized spacial score (nSPS) is 30.5. The number of sulfonamides is 1. The lowest BCUT2D eigenvalue weighted by molar-refractivity contribution is 0.300. The summed E-state index contributed by atoms with van der Waals surface area (Å²) in [5, 5.41) is 0. The van der Waals surface area contributed by atoms with Gasteiger partial charge in [0.2, 0.25) is 10.0 Å². The van der Waals surface area contributed by atoms with Gasteiger partial charge in [-0.05, 0) is 18.8 Å². The van der Waals surface area contributed by atoms with Gasteiger partial charge in [0.25, 0.3) is 0 Å². The molecule has 84 valence electrons. The van der Waals surface area contributed by atoms with E-state index in [1.54, 1.807) is 4.31 Å². The van der Waals surface area contributed by atoms with E-state index in [0.717, 1.165) is 6.42 Å². The first-order valence-corrected chi connectivity index (χ1v) is 7.61. The molecular weight excluding hydrogens is 266 g/mol. The van der Waals surface area contributed by atoms with Crippen molar-refractivity contribution in [1.82, 2.24) is 4.31 Å². The van der Waals surface area contributed by atoms with Gasteiger partial charge in [0.15, 0.2) is 0 Å². The summed E-state index contributed by atoms with van der Waals surface area (Å²) in [5.74, 6) is 0.851. The van der Waals surface area contributed by atoms with Crippen LogP contribution in [0.3, 0.4) is 0 Å². The van der Waals surface area contributed by atoms with Crippen LogP contribution >= 0.6 is 15.9 Å². The van der Waals surface area contributed by atoms with Crippen LogP contribution in [0.4, 0.5) is 0 Å². The molecule has 0 aliphatic carbocycles. The molecule has 1 aliphatic rings. The van der Waals surface area contributed by atoms with E-state index in [9.17, 15) is 8.42 Å². The molecule has 1 heterocycles. The lowest BCUT2D eigenvalue weighted by Gasteiger charge is -2.33. The van der Waals surface area contributed by atoms with E-state index in [-0.39, 0.29) is 5.75 Å². The van der Waals surface area contributed by atoms with Gasteiger partial charge in [-0.3, -0.25) is 0 Å². The molecule has 0 aromatic heterocycles. The first-order valence-electron chi connectivity index (χ1n) is 5.09. The van der Waals surface area contributed by atoms with Gasteiger partial charge in [-0.2, -0.15) is 0 Å². The number of rotatable bonds is 3. The maximum absolute atomic E-state index is 11.7. The van der Waals surface area contributed by atoms with Crippen molar-refractivity contribution in [1.29, 1.82) is 0 Å². The zero-order valence-electron chi connectivity index (χ0n) is 8.74. The second-order valence-electron chi connectivity index (χ2n) is 3.96. The van der Waals surface area contributed by atoms with Crippen LogP contribution in [0, 0.1) is 5.92 Å². The molecule has 0 N–H and O–H groups in total. The van der Waals surface area contributed by atoms with E-state index >= 15 is 0 Å². The van der Waals surface area contributed by atoms with Gasteiger partial charge in [-0.15, -0.1) is 0 Å². The molecule has 0 spiro atoms. The number of halogens is 1. The molecule has 3 nitrogen and oxygen atoms in total. The number of hydrogen-bond donors (Lipinski definition) is 0. The number of alkyl halides is 1. The molecule has 0 saturated carbocycles. The fourth-order valence-corrected chi connectivity index (χ4v) is 3.98. The Morgan fingerprint density at radius 1 is 1.50 bits per heavy atom. The van der Waals surface area contributed by atoms with Gasteiger partial charge in [-0.25, -0.2) is 12.7 Å². The van der Waals surface area contributed by atoms with Gasteiger partial charge < -0.3 is 0 Å². The predicted octanol–water partition coefficient (Wildman–Crippen LogP) is 1.83. The molecule has 0 aromatic rings. The van der Waals surface area contributed by atoms with Gasteiger partial charge in [0.05, 0.1) is 5.75 Å². The van der Waals surface area contributed by atoms with Crippen LogP contribution in [0.1, 0.15) is 26.7 Å². The maximum atomic E-state index is 11.7. The van der Waals surface area contributed by atoms with E-state index in [1.807, 2.05) is 6.92 Å². The molecule has 1 aliphatic heterocycles. The smallest absolute Gasteiger partial charge is 0.212 e. The molecule has 1 fully saturated rings. The predicted molar refractivity (Wildman–Crippen MR) is 62.1 cm³/mol. The molecule has 1 rings (SSSR count). The zero-order valence-corrected chi connectivity index (χ0v) is 11.1. The summed E-state index contributed by atoms with van der Waals surface area (Å²) < 4.78 is 25.1. The third-order valence-corrected chi connectivity index (χ3v) is 5.92. The molecular formula is C9H18BrNO2S. The van der Waals surface area contributed by atoms with Gasteiger partial charge in [0.1, 0.15) is 0 Å². The molecule has 0 radical (unpaired) electrons. The lowest BCUT2D eigenvalue weighted by atomic mass is 10.0. The highest BCUT2D eigenvalue weighted by Gasteiger charge is 2.30.